The van der Waals surface area contributed by atoms with Gasteiger partial charge in [0.15, 0.2) is 12.4 Å². The molecule has 156 valence electrons. The first kappa shape index (κ1) is 21.9. The van der Waals surface area contributed by atoms with Crippen LogP contribution >= 0.6 is 0 Å². The maximum atomic E-state index is 11.7. The van der Waals surface area contributed by atoms with Crippen molar-refractivity contribution < 1.29 is 54.4 Å². The van der Waals surface area contributed by atoms with Gasteiger partial charge in [0.1, 0.15) is 24.4 Å². The largest absolute Gasteiger partial charge is 0.479 e. The van der Waals surface area contributed by atoms with Gasteiger partial charge in [-0.15, -0.1) is 0 Å². The molecule has 0 aliphatic carbocycles. The summed E-state index contributed by atoms with van der Waals surface area (Å²) in [5.41, 5.74) is 0. The number of ether oxygens (including phenoxy) is 3. The Hall–Kier alpha value is -1.38. The molecule has 0 aromatic heterocycles. The molecule has 12 nitrogen and oxygen atoms in total. The Balaban J connectivity index is 2.43. The average molecular weight is 395 g/mol. The lowest BCUT2D eigenvalue weighted by molar-refractivity contribution is -0.303. The lowest BCUT2D eigenvalue weighted by atomic mass is 9.77. The molecule has 10 atom stereocenters. The summed E-state index contributed by atoms with van der Waals surface area (Å²) in [7, 11) is 1.15. The van der Waals surface area contributed by atoms with Gasteiger partial charge in [-0.1, -0.05) is 0 Å². The Labute approximate surface area is 154 Å². The minimum Gasteiger partial charge on any atom is -0.479 e. The van der Waals surface area contributed by atoms with Crippen molar-refractivity contribution in [3.63, 3.8) is 0 Å². The van der Waals surface area contributed by atoms with Crippen LogP contribution in [0.2, 0.25) is 0 Å². The zero-order valence-electron chi connectivity index (χ0n) is 14.7. The maximum absolute atomic E-state index is 11.7. The molecule has 0 saturated carbocycles. The molecule has 27 heavy (non-hydrogen) atoms. The number of carboxylic acids is 1. The fourth-order valence-electron chi connectivity index (χ4n) is 3.54. The number of aliphatic hydroxyl groups is 5. The molecule has 1 amide bonds. The second-order valence-corrected chi connectivity index (χ2v) is 6.59. The van der Waals surface area contributed by atoms with Crippen LogP contribution < -0.4 is 5.32 Å². The minimum atomic E-state index is -1.73. The highest BCUT2D eigenvalue weighted by molar-refractivity contribution is 5.74. The number of carbonyl (C=O) groups excluding carboxylic acids is 1. The molecule has 2 aliphatic heterocycles. The van der Waals surface area contributed by atoms with E-state index in [4.69, 9.17) is 14.2 Å². The molecule has 0 spiro atoms. The van der Waals surface area contributed by atoms with Crippen molar-refractivity contribution in [3.05, 3.63) is 0 Å². The summed E-state index contributed by atoms with van der Waals surface area (Å²) in [5, 5.41) is 62.3. The normalized spacial score (nSPS) is 45.3. The molecule has 2 aliphatic rings. The number of carboxylic acid groups (broad SMARTS) is 1. The highest BCUT2D eigenvalue weighted by atomic mass is 16.7. The Kier molecular flexibility index (Phi) is 7.10. The number of rotatable bonds is 5. The Bertz CT molecular complexity index is 546. The summed E-state index contributed by atoms with van der Waals surface area (Å²) in [4.78, 5) is 23.2. The van der Waals surface area contributed by atoms with E-state index in [0.29, 0.717) is 0 Å². The van der Waals surface area contributed by atoms with E-state index >= 15 is 0 Å². The first-order valence-electron chi connectivity index (χ1n) is 8.30. The molecule has 1 unspecified atom stereocenters. The van der Waals surface area contributed by atoms with Crippen molar-refractivity contribution in [1.82, 2.24) is 5.32 Å². The van der Waals surface area contributed by atoms with E-state index in [1.807, 2.05) is 0 Å². The summed E-state index contributed by atoms with van der Waals surface area (Å²) in [6.07, 6.45) is -12.5. The van der Waals surface area contributed by atoms with Gasteiger partial charge in [0.05, 0.1) is 30.8 Å². The topological polar surface area (TPSA) is 195 Å². The van der Waals surface area contributed by atoms with Crippen molar-refractivity contribution in [2.24, 2.45) is 5.92 Å². The fraction of sp³-hybridized carbons (Fsp3) is 0.867. The molecule has 7 N–H and O–H groups in total. The second-order valence-electron chi connectivity index (χ2n) is 6.59. The van der Waals surface area contributed by atoms with E-state index < -0.39 is 79.5 Å². The van der Waals surface area contributed by atoms with Gasteiger partial charge in [0, 0.05) is 14.0 Å². The van der Waals surface area contributed by atoms with E-state index in [0.717, 1.165) is 14.0 Å². The Morgan fingerprint density at radius 3 is 2.15 bits per heavy atom. The van der Waals surface area contributed by atoms with Gasteiger partial charge in [-0.3, -0.25) is 4.79 Å². The van der Waals surface area contributed by atoms with Crippen LogP contribution in [0.3, 0.4) is 0 Å². The lowest BCUT2D eigenvalue weighted by Crippen LogP contribution is -2.70. The Morgan fingerprint density at radius 2 is 1.67 bits per heavy atom. The van der Waals surface area contributed by atoms with Crippen molar-refractivity contribution in [1.29, 1.82) is 0 Å². The molecule has 0 aromatic carbocycles. The number of hydrogen-bond acceptors (Lipinski definition) is 10. The molecule has 0 aromatic rings. The summed E-state index contributed by atoms with van der Waals surface area (Å²) in [6, 6.07) is -1.34. The van der Waals surface area contributed by atoms with Crippen LogP contribution in [0.25, 0.3) is 0 Å². The Morgan fingerprint density at radius 1 is 1.04 bits per heavy atom. The van der Waals surface area contributed by atoms with Crippen LogP contribution in [0.5, 0.6) is 0 Å². The number of amides is 1. The maximum Gasteiger partial charge on any atom is 0.333 e. The lowest BCUT2D eigenvalue weighted by Gasteiger charge is -2.50. The highest BCUT2D eigenvalue weighted by Crippen LogP contribution is 2.36. The summed E-state index contributed by atoms with van der Waals surface area (Å²) in [5.74, 6) is -3.58. The molecule has 2 saturated heterocycles. The number of hydrogen-bond donors (Lipinski definition) is 7. The summed E-state index contributed by atoms with van der Waals surface area (Å²) in [6.45, 7) is 0.415. The molecule has 2 fully saturated rings. The van der Waals surface area contributed by atoms with Crippen molar-refractivity contribution >= 4 is 11.9 Å². The van der Waals surface area contributed by atoms with Crippen LogP contribution in [0.1, 0.15) is 6.92 Å². The third kappa shape index (κ3) is 4.22. The first-order valence-corrected chi connectivity index (χ1v) is 8.30. The zero-order valence-corrected chi connectivity index (χ0v) is 14.7. The van der Waals surface area contributed by atoms with Crippen LogP contribution in [-0.2, 0) is 23.8 Å². The monoisotopic (exact) mass is 395 g/mol. The minimum absolute atomic E-state index is 0.615. The van der Waals surface area contributed by atoms with Crippen molar-refractivity contribution in [2.45, 2.75) is 62.0 Å². The van der Waals surface area contributed by atoms with E-state index in [2.05, 4.69) is 5.32 Å². The SMILES string of the molecule is CO[C@@H]1O[C@H](C(=O)O)[C@@H](C2O[C@H](CO)[C@@H](O)[C@H](O)[C@H]2NC(C)=O)[C@H](O)[C@H]1O. The standard InChI is InChI=1S/C15H25NO11/c1-4(18)16-7-10(21)8(19)5(3-17)26-12(7)6-9(20)11(22)15(25-2)27-13(6)14(23)24/h5-13,15,17,19-22H,3H2,1-2H3,(H,16,18)(H,23,24)/t5-,6-,7-,8-,9+,10-,11-,12?,13+,15-/m1/s1. The van der Waals surface area contributed by atoms with E-state index in [1.54, 1.807) is 0 Å². The molecule has 2 rings (SSSR count). The highest BCUT2D eigenvalue weighted by Gasteiger charge is 2.57. The summed E-state index contributed by atoms with van der Waals surface area (Å²) >= 11 is 0. The molecule has 0 radical (unpaired) electrons. The van der Waals surface area contributed by atoms with Crippen LogP contribution in [-0.4, -0.2) is 111 Å². The second kappa shape index (κ2) is 8.75. The van der Waals surface area contributed by atoms with Crippen LogP contribution in [0, 0.1) is 5.92 Å². The van der Waals surface area contributed by atoms with Crippen molar-refractivity contribution in [2.75, 3.05) is 13.7 Å². The van der Waals surface area contributed by atoms with Gasteiger partial charge in [-0.25, -0.2) is 4.79 Å². The average Bonchev–Trinajstić information content (AvgIpc) is 2.61. The molecular formula is C15H25NO11. The number of aliphatic carboxylic acids is 1. The van der Waals surface area contributed by atoms with Gasteiger partial charge in [-0.2, -0.15) is 0 Å². The third-order valence-corrected chi connectivity index (χ3v) is 4.84. The van der Waals surface area contributed by atoms with Gasteiger partial charge in [0.25, 0.3) is 0 Å². The first-order chi connectivity index (χ1) is 12.6. The van der Waals surface area contributed by atoms with Gasteiger partial charge < -0.3 is 50.2 Å². The van der Waals surface area contributed by atoms with Gasteiger partial charge in [0.2, 0.25) is 5.91 Å². The fourth-order valence-corrected chi connectivity index (χ4v) is 3.54. The predicted octanol–water partition coefficient (Wildman–Crippen LogP) is -4.23. The molecular weight excluding hydrogens is 370 g/mol. The van der Waals surface area contributed by atoms with Gasteiger partial charge in [-0.05, 0) is 0 Å². The molecule has 0 bridgehead atoms. The third-order valence-electron chi connectivity index (χ3n) is 4.84. The van der Waals surface area contributed by atoms with Crippen LogP contribution in [0.15, 0.2) is 0 Å². The van der Waals surface area contributed by atoms with E-state index in [-0.39, 0.29) is 0 Å². The number of methoxy groups -OCH3 is 1. The molecule has 2 heterocycles. The van der Waals surface area contributed by atoms with Crippen LogP contribution in [0.4, 0.5) is 0 Å². The predicted molar refractivity (Wildman–Crippen MR) is 84.2 cm³/mol. The van der Waals surface area contributed by atoms with E-state index in [9.17, 15) is 40.2 Å². The molecule has 12 heteroatoms. The zero-order chi connectivity index (χ0) is 20.5. The van der Waals surface area contributed by atoms with E-state index in [1.165, 1.54) is 0 Å². The quantitative estimate of drug-likeness (QED) is 0.238. The van der Waals surface area contributed by atoms with Crippen molar-refractivity contribution in [3.8, 4) is 0 Å². The number of nitrogens with one attached hydrogen (secondary N) is 1. The summed E-state index contributed by atoms with van der Waals surface area (Å²) < 4.78 is 15.5. The van der Waals surface area contributed by atoms with Gasteiger partial charge >= 0.3 is 5.97 Å². The number of aliphatic hydroxyl groups excluding tert-OH is 5. The smallest absolute Gasteiger partial charge is 0.333 e. The number of carbonyl (C=O) groups is 2.